The van der Waals surface area contributed by atoms with E-state index in [2.05, 4.69) is 23.3 Å². The molecule has 1 saturated heterocycles. The summed E-state index contributed by atoms with van der Waals surface area (Å²) in [5.74, 6) is 0. The number of benzene rings is 1. The molecule has 0 aliphatic carbocycles. The molecule has 2 rings (SSSR count). The van der Waals surface area contributed by atoms with Crippen LogP contribution in [-0.2, 0) is 0 Å². The minimum absolute atomic E-state index is 0.381. The lowest BCUT2D eigenvalue weighted by molar-refractivity contribution is 0.235. The standard InChI is InChI=1S/C13H17N3/c1-16-9-7-13(11-14,8-10-16)15-12-5-3-2-4-6-12/h2-6,15H,7-10H2,1H3. The van der Waals surface area contributed by atoms with Crippen LogP contribution in [0.2, 0.25) is 0 Å². The molecule has 1 N–H and O–H groups in total. The number of piperidine rings is 1. The van der Waals surface area contributed by atoms with Gasteiger partial charge in [-0.2, -0.15) is 5.26 Å². The Morgan fingerprint density at radius 1 is 1.25 bits per heavy atom. The van der Waals surface area contributed by atoms with Crippen LogP contribution in [0.25, 0.3) is 0 Å². The second-order valence-electron chi connectivity index (χ2n) is 4.49. The molecular weight excluding hydrogens is 198 g/mol. The molecule has 3 nitrogen and oxygen atoms in total. The van der Waals surface area contributed by atoms with E-state index in [0.29, 0.717) is 0 Å². The fourth-order valence-electron chi connectivity index (χ4n) is 2.06. The molecule has 84 valence electrons. The van der Waals surface area contributed by atoms with Crippen molar-refractivity contribution in [1.82, 2.24) is 4.90 Å². The zero-order valence-electron chi connectivity index (χ0n) is 9.61. The summed E-state index contributed by atoms with van der Waals surface area (Å²) in [6.07, 6.45) is 1.77. The Morgan fingerprint density at radius 2 is 1.88 bits per heavy atom. The van der Waals surface area contributed by atoms with Gasteiger partial charge >= 0.3 is 0 Å². The van der Waals surface area contributed by atoms with Gasteiger partial charge < -0.3 is 10.2 Å². The van der Waals surface area contributed by atoms with Crippen LogP contribution in [-0.4, -0.2) is 30.6 Å². The summed E-state index contributed by atoms with van der Waals surface area (Å²) in [6.45, 7) is 1.96. The number of anilines is 1. The fraction of sp³-hybridized carbons (Fsp3) is 0.462. The number of nitrogens with one attached hydrogen (secondary N) is 1. The van der Waals surface area contributed by atoms with Gasteiger partial charge in [0.25, 0.3) is 0 Å². The number of nitriles is 1. The molecule has 1 heterocycles. The summed E-state index contributed by atoms with van der Waals surface area (Å²) in [5, 5.41) is 12.7. The number of likely N-dealkylation sites (tertiary alicyclic amines) is 1. The fourth-order valence-corrected chi connectivity index (χ4v) is 2.06. The van der Waals surface area contributed by atoms with Crippen LogP contribution < -0.4 is 5.32 Å². The largest absolute Gasteiger partial charge is 0.367 e. The summed E-state index contributed by atoms with van der Waals surface area (Å²) in [6, 6.07) is 12.4. The third-order valence-corrected chi connectivity index (χ3v) is 3.21. The molecule has 1 aromatic carbocycles. The lowest BCUT2D eigenvalue weighted by atomic mass is 9.89. The molecule has 1 aromatic rings. The molecule has 1 aliphatic heterocycles. The topological polar surface area (TPSA) is 39.1 Å². The molecule has 0 bridgehead atoms. The van der Waals surface area contributed by atoms with Gasteiger partial charge in [-0.15, -0.1) is 0 Å². The summed E-state index contributed by atoms with van der Waals surface area (Å²) < 4.78 is 0. The minimum Gasteiger partial charge on any atom is -0.367 e. The van der Waals surface area contributed by atoms with Gasteiger partial charge in [-0.05, 0) is 32.0 Å². The Kier molecular flexibility index (Phi) is 3.12. The van der Waals surface area contributed by atoms with E-state index in [1.807, 2.05) is 30.3 Å². The highest BCUT2D eigenvalue weighted by molar-refractivity contribution is 5.47. The first-order valence-corrected chi connectivity index (χ1v) is 5.67. The molecule has 0 unspecified atom stereocenters. The van der Waals surface area contributed by atoms with Crippen molar-refractivity contribution in [3.05, 3.63) is 30.3 Å². The summed E-state index contributed by atoms with van der Waals surface area (Å²) in [7, 11) is 2.10. The quantitative estimate of drug-likeness (QED) is 0.821. The lowest BCUT2D eigenvalue weighted by Gasteiger charge is -2.36. The average Bonchev–Trinajstić information content (AvgIpc) is 2.34. The zero-order valence-corrected chi connectivity index (χ0v) is 9.61. The zero-order chi connectivity index (χ0) is 11.4. The third-order valence-electron chi connectivity index (χ3n) is 3.21. The van der Waals surface area contributed by atoms with Gasteiger partial charge in [0.05, 0.1) is 6.07 Å². The van der Waals surface area contributed by atoms with E-state index in [1.165, 1.54) is 0 Å². The van der Waals surface area contributed by atoms with Gasteiger partial charge in [0, 0.05) is 18.8 Å². The van der Waals surface area contributed by atoms with E-state index >= 15 is 0 Å². The van der Waals surface area contributed by atoms with Crippen molar-refractivity contribution in [1.29, 1.82) is 5.26 Å². The smallest absolute Gasteiger partial charge is 0.127 e. The van der Waals surface area contributed by atoms with Crippen LogP contribution >= 0.6 is 0 Å². The van der Waals surface area contributed by atoms with Gasteiger partial charge in [0.1, 0.15) is 5.54 Å². The number of hydrogen-bond acceptors (Lipinski definition) is 3. The Morgan fingerprint density at radius 3 is 2.44 bits per heavy atom. The first kappa shape index (κ1) is 11.0. The number of hydrogen-bond donors (Lipinski definition) is 1. The normalized spacial score (nSPS) is 20.0. The highest BCUT2D eigenvalue weighted by atomic mass is 15.1. The van der Waals surface area contributed by atoms with Gasteiger partial charge in [-0.1, -0.05) is 18.2 Å². The monoisotopic (exact) mass is 215 g/mol. The van der Waals surface area contributed by atoms with E-state index in [1.54, 1.807) is 0 Å². The summed E-state index contributed by atoms with van der Waals surface area (Å²) in [5.41, 5.74) is 0.655. The molecule has 3 heteroatoms. The average molecular weight is 215 g/mol. The molecule has 0 saturated carbocycles. The van der Waals surface area contributed by atoms with E-state index in [-0.39, 0.29) is 5.54 Å². The van der Waals surface area contributed by atoms with Gasteiger partial charge in [0.15, 0.2) is 0 Å². The highest BCUT2D eigenvalue weighted by Crippen LogP contribution is 2.25. The van der Waals surface area contributed by atoms with Crippen molar-refractivity contribution in [3.63, 3.8) is 0 Å². The Hall–Kier alpha value is -1.53. The predicted octanol–water partition coefficient (Wildman–Crippen LogP) is 2.09. The van der Waals surface area contributed by atoms with Crippen LogP contribution in [0.3, 0.4) is 0 Å². The van der Waals surface area contributed by atoms with Crippen molar-refractivity contribution in [3.8, 4) is 6.07 Å². The van der Waals surface area contributed by atoms with Gasteiger partial charge in [-0.25, -0.2) is 0 Å². The highest BCUT2D eigenvalue weighted by Gasteiger charge is 2.33. The molecule has 16 heavy (non-hydrogen) atoms. The van der Waals surface area contributed by atoms with Crippen LogP contribution in [0.5, 0.6) is 0 Å². The number of para-hydroxylation sites is 1. The number of rotatable bonds is 2. The van der Waals surface area contributed by atoms with Crippen molar-refractivity contribution in [2.75, 3.05) is 25.5 Å². The maximum absolute atomic E-state index is 9.36. The van der Waals surface area contributed by atoms with E-state index in [0.717, 1.165) is 31.6 Å². The minimum atomic E-state index is -0.381. The van der Waals surface area contributed by atoms with E-state index in [4.69, 9.17) is 0 Å². The first-order chi connectivity index (χ1) is 7.74. The maximum atomic E-state index is 9.36. The summed E-state index contributed by atoms with van der Waals surface area (Å²) >= 11 is 0. The van der Waals surface area contributed by atoms with Crippen molar-refractivity contribution < 1.29 is 0 Å². The first-order valence-electron chi connectivity index (χ1n) is 5.67. The van der Waals surface area contributed by atoms with Crippen LogP contribution in [0.4, 0.5) is 5.69 Å². The van der Waals surface area contributed by atoms with E-state index in [9.17, 15) is 5.26 Å². The molecule has 0 atom stereocenters. The molecule has 0 radical (unpaired) electrons. The second-order valence-corrected chi connectivity index (χ2v) is 4.49. The molecule has 0 aromatic heterocycles. The predicted molar refractivity (Wildman–Crippen MR) is 65.1 cm³/mol. The molecule has 1 fully saturated rings. The third kappa shape index (κ3) is 2.34. The maximum Gasteiger partial charge on any atom is 0.127 e. The van der Waals surface area contributed by atoms with Crippen LogP contribution in [0.15, 0.2) is 30.3 Å². The van der Waals surface area contributed by atoms with Crippen molar-refractivity contribution >= 4 is 5.69 Å². The van der Waals surface area contributed by atoms with Crippen molar-refractivity contribution in [2.45, 2.75) is 18.4 Å². The second kappa shape index (κ2) is 4.54. The Bertz CT molecular complexity index is 372. The van der Waals surface area contributed by atoms with Gasteiger partial charge in [-0.3, -0.25) is 0 Å². The molecular formula is C13H17N3. The Balaban J connectivity index is 2.09. The SMILES string of the molecule is CN1CCC(C#N)(Nc2ccccc2)CC1. The Labute approximate surface area is 96.7 Å². The molecule has 0 amide bonds. The summed E-state index contributed by atoms with van der Waals surface area (Å²) in [4.78, 5) is 2.27. The molecule has 1 aliphatic rings. The van der Waals surface area contributed by atoms with Crippen LogP contribution in [0, 0.1) is 11.3 Å². The van der Waals surface area contributed by atoms with Gasteiger partial charge in [0.2, 0.25) is 0 Å². The lowest BCUT2D eigenvalue weighted by Crippen LogP contribution is -2.47. The van der Waals surface area contributed by atoms with E-state index < -0.39 is 0 Å². The molecule has 0 spiro atoms. The van der Waals surface area contributed by atoms with Crippen molar-refractivity contribution in [2.24, 2.45) is 0 Å². The number of nitrogens with zero attached hydrogens (tertiary/aromatic N) is 2. The van der Waals surface area contributed by atoms with Crippen LogP contribution in [0.1, 0.15) is 12.8 Å².